The third-order valence-electron chi connectivity index (χ3n) is 8.72. The van der Waals surface area contributed by atoms with Crippen molar-refractivity contribution in [3.8, 4) is 11.5 Å². The Morgan fingerprint density at radius 2 is 1.45 bits per heavy atom. The van der Waals surface area contributed by atoms with Crippen molar-refractivity contribution >= 4 is 40.5 Å². The Hall–Kier alpha value is -4.46. The van der Waals surface area contributed by atoms with E-state index >= 15 is 0 Å². The first-order valence-corrected chi connectivity index (χ1v) is 15.6. The van der Waals surface area contributed by atoms with Crippen LogP contribution in [0.15, 0.2) is 24.3 Å². The van der Waals surface area contributed by atoms with Gasteiger partial charge in [-0.3, -0.25) is 19.7 Å². The quantitative estimate of drug-likeness (QED) is 0.0428. The van der Waals surface area contributed by atoms with Gasteiger partial charge in [-0.15, -0.1) is 0 Å². The van der Waals surface area contributed by atoms with E-state index in [2.05, 4.69) is 26.1 Å². The minimum Gasteiger partial charge on any atom is -0.501 e. The summed E-state index contributed by atoms with van der Waals surface area (Å²) in [4.78, 5) is 37.1. The number of amides is 2. The van der Waals surface area contributed by atoms with Crippen LogP contribution in [0.5, 0.6) is 11.5 Å². The summed E-state index contributed by atoms with van der Waals surface area (Å²) in [6.07, 6.45) is 0.344. The number of phenols is 1. The van der Waals surface area contributed by atoms with Gasteiger partial charge in [0.2, 0.25) is 11.6 Å². The minimum atomic E-state index is -2.51. The van der Waals surface area contributed by atoms with E-state index in [1.165, 1.54) is 0 Å². The molecule has 0 fully saturated rings. The van der Waals surface area contributed by atoms with E-state index in [4.69, 9.17) is 16.3 Å². The van der Waals surface area contributed by atoms with Crippen LogP contribution in [-0.2, 0) is 15.6 Å². The smallest absolute Gasteiger partial charge is 0.337 e. The van der Waals surface area contributed by atoms with E-state index in [1.54, 1.807) is 25.2 Å². The lowest BCUT2D eigenvalue weighted by Crippen LogP contribution is -2.38. The zero-order valence-electron chi connectivity index (χ0n) is 28.1. The summed E-state index contributed by atoms with van der Waals surface area (Å²) < 4.78 is 75.5. The predicted octanol–water partition coefficient (Wildman–Crippen LogP) is 9.32. The summed E-state index contributed by atoms with van der Waals surface area (Å²) in [5.74, 6) is -16.6. The molecule has 266 valence electrons. The highest BCUT2D eigenvalue weighted by Crippen LogP contribution is 2.46. The van der Waals surface area contributed by atoms with Gasteiger partial charge in [0, 0.05) is 5.56 Å². The summed E-state index contributed by atoms with van der Waals surface area (Å²) in [5, 5.41) is 26.1. The maximum atomic E-state index is 14.2. The Labute approximate surface area is 284 Å². The van der Waals surface area contributed by atoms with E-state index in [9.17, 15) is 46.8 Å². The van der Waals surface area contributed by atoms with Crippen molar-refractivity contribution in [2.75, 3.05) is 10.6 Å². The van der Waals surface area contributed by atoms with Crippen LogP contribution >= 0.6 is 11.6 Å². The van der Waals surface area contributed by atoms with Crippen LogP contribution < -0.4 is 15.4 Å². The standard InChI is InChI=1S/C34H37ClF5N3O6/c1-9-33(5,6)16-11-12-20(17(13-16)34(7,8)10-2)49-30(15(3)4)32(46)42-27-18(35)14-19(29(44)28(27)43(47)48)41-31(45)21-22(36)24(38)26(40)25(39)23(21)37/h11-15,30,44H,9-10H2,1-8H3,(H,41,45)(H,42,46). The summed E-state index contributed by atoms with van der Waals surface area (Å²) in [7, 11) is 0. The van der Waals surface area contributed by atoms with Crippen molar-refractivity contribution in [3.63, 3.8) is 0 Å². The number of hydrogen-bond donors (Lipinski definition) is 3. The fourth-order valence-corrected chi connectivity index (χ4v) is 5.05. The molecule has 0 aliphatic rings. The molecule has 0 aliphatic heterocycles. The number of ether oxygens (including phenoxy) is 1. The molecule has 0 heterocycles. The van der Waals surface area contributed by atoms with Crippen LogP contribution in [0.2, 0.25) is 5.02 Å². The number of anilines is 2. The van der Waals surface area contributed by atoms with Gasteiger partial charge in [0.25, 0.3) is 11.8 Å². The number of hydrogen-bond acceptors (Lipinski definition) is 6. The topological polar surface area (TPSA) is 131 Å². The van der Waals surface area contributed by atoms with Crippen LogP contribution in [0.25, 0.3) is 0 Å². The molecular formula is C34H37ClF5N3O6. The molecule has 3 aromatic rings. The molecule has 1 unspecified atom stereocenters. The maximum Gasteiger partial charge on any atom is 0.337 e. The second kappa shape index (κ2) is 14.6. The minimum absolute atomic E-state index is 0.150. The number of nitrogens with one attached hydrogen (secondary N) is 2. The largest absolute Gasteiger partial charge is 0.501 e. The maximum absolute atomic E-state index is 14.2. The fraction of sp³-hybridized carbons (Fsp3) is 0.412. The van der Waals surface area contributed by atoms with Gasteiger partial charge in [0.1, 0.15) is 17.0 Å². The first kappa shape index (κ1) is 39.0. The van der Waals surface area contributed by atoms with Gasteiger partial charge in [-0.25, -0.2) is 22.0 Å². The van der Waals surface area contributed by atoms with Gasteiger partial charge in [0.05, 0.1) is 15.6 Å². The van der Waals surface area contributed by atoms with Crippen LogP contribution in [0.4, 0.5) is 39.0 Å². The van der Waals surface area contributed by atoms with Crippen molar-refractivity contribution in [1.82, 2.24) is 0 Å². The highest BCUT2D eigenvalue weighted by molar-refractivity contribution is 6.35. The van der Waals surface area contributed by atoms with Crippen LogP contribution in [0.3, 0.4) is 0 Å². The van der Waals surface area contributed by atoms with Gasteiger partial charge in [-0.1, -0.05) is 79.1 Å². The monoisotopic (exact) mass is 713 g/mol. The van der Waals surface area contributed by atoms with E-state index in [-0.39, 0.29) is 10.8 Å². The average molecular weight is 714 g/mol. The number of phenolic OH excluding ortho intramolecular Hbond substituents is 1. The Bertz CT molecular complexity index is 1790. The molecular weight excluding hydrogens is 677 g/mol. The lowest BCUT2D eigenvalue weighted by atomic mass is 9.76. The molecule has 3 N–H and O–H groups in total. The fourth-order valence-electron chi connectivity index (χ4n) is 4.81. The predicted molar refractivity (Wildman–Crippen MR) is 175 cm³/mol. The molecule has 0 spiro atoms. The molecule has 49 heavy (non-hydrogen) atoms. The molecule has 9 nitrogen and oxygen atoms in total. The molecule has 0 aliphatic carbocycles. The third kappa shape index (κ3) is 7.74. The number of nitrogens with zero attached hydrogens (tertiary/aromatic N) is 1. The molecule has 2 amide bonds. The second-order valence-electron chi connectivity index (χ2n) is 13.1. The number of nitro groups is 1. The van der Waals surface area contributed by atoms with Crippen molar-refractivity contribution in [1.29, 1.82) is 0 Å². The lowest BCUT2D eigenvalue weighted by Gasteiger charge is -2.32. The highest BCUT2D eigenvalue weighted by atomic mass is 35.5. The molecule has 1 atom stereocenters. The molecule has 0 saturated carbocycles. The van der Waals surface area contributed by atoms with Gasteiger partial charge < -0.3 is 20.5 Å². The number of rotatable bonds is 12. The van der Waals surface area contributed by atoms with Gasteiger partial charge in [-0.05, 0) is 47.3 Å². The van der Waals surface area contributed by atoms with Crippen LogP contribution in [0, 0.1) is 45.1 Å². The first-order chi connectivity index (χ1) is 22.6. The number of carbonyl (C=O) groups excluding carboxylic acids is 2. The second-order valence-corrected chi connectivity index (χ2v) is 13.5. The van der Waals surface area contributed by atoms with E-state index < -0.39 is 91.2 Å². The Balaban J connectivity index is 2.04. The summed E-state index contributed by atoms with van der Waals surface area (Å²) >= 11 is 6.24. The van der Waals surface area contributed by atoms with Crippen LogP contribution in [-0.4, -0.2) is 27.9 Å². The molecule has 0 bridgehead atoms. The Kier molecular flexibility index (Phi) is 11.6. The summed E-state index contributed by atoms with van der Waals surface area (Å²) in [6.45, 7) is 15.7. The van der Waals surface area contributed by atoms with Gasteiger partial charge in [-0.2, -0.15) is 0 Å². The normalized spacial score (nSPS) is 12.6. The Morgan fingerprint density at radius 3 is 1.94 bits per heavy atom. The van der Waals surface area contributed by atoms with Crippen molar-refractivity contribution in [3.05, 3.63) is 85.2 Å². The molecule has 0 saturated heterocycles. The molecule has 0 aromatic heterocycles. The van der Waals surface area contributed by atoms with Crippen molar-refractivity contribution in [2.45, 2.75) is 85.2 Å². The van der Waals surface area contributed by atoms with E-state index in [0.29, 0.717) is 11.8 Å². The zero-order valence-corrected chi connectivity index (χ0v) is 28.8. The zero-order chi connectivity index (χ0) is 37.3. The lowest BCUT2D eigenvalue weighted by molar-refractivity contribution is -0.384. The summed E-state index contributed by atoms with van der Waals surface area (Å²) in [6, 6.07) is 6.40. The Morgan fingerprint density at radius 1 is 0.918 bits per heavy atom. The third-order valence-corrected chi connectivity index (χ3v) is 9.02. The molecule has 15 heteroatoms. The van der Waals surface area contributed by atoms with Gasteiger partial charge >= 0.3 is 5.69 Å². The van der Waals surface area contributed by atoms with E-state index in [0.717, 1.165) is 24.0 Å². The number of halogens is 6. The van der Waals surface area contributed by atoms with Gasteiger partial charge in [0.15, 0.2) is 29.4 Å². The van der Waals surface area contributed by atoms with Crippen molar-refractivity contribution < 1.29 is 46.3 Å². The number of nitro benzene ring substituents is 1. The highest BCUT2D eigenvalue weighted by Gasteiger charge is 2.35. The van der Waals surface area contributed by atoms with E-state index in [1.807, 2.05) is 32.9 Å². The number of aromatic hydroxyl groups is 1. The average Bonchev–Trinajstić information content (AvgIpc) is 3.03. The van der Waals surface area contributed by atoms with Crippen molar-refractivity contribution in [2.24, 2.45) is 5.92 Å². The number of carbonyl (C=O) groups is 2. The molecule has 0 radical (unpaired) electrons. The van der Waals surface area contributed by atoms with Crippen LogP contribution in [0.1, 0.15) is 89.7 Å². The molecule has 3 aromatic carbocycles. The number of benzene rings is 3. The summed E-state index contributed by atoms with van der Waals surface area (Å²) in [5.41, 5.74) is -3.43. The first-order valence-electron chi connectivity index (χ1n) is 15.3. The SMILES string of the molecule is CCC(C)(C)c1ccc(OC(C(=O)Nc2c(Cl)cc(NC(=O)c3c(F)c(F)c(F)c(F)c3F)c(O)c2[N+](=O)[O-])C(C)C)c(C(C)(C)CC)c1. The molecule has 3 rings (SSSR count).